The summed E-state index contributed by atoms with van der Waals surface area (Å²) in [6, 6.07) is 7.71. The van der Waals surface area contributed by atoms with Crippen molar-refractivity contribution in [3.8, 4) is 0 Å². The van der Waals surface area contributed by atoms with Gasteiger partial charge in [0.2, 0.25) is 0 Å². The van der Waals surface area contributed by atoms with Crippen LogP contribution in [0.2, 0.25) is 0 Å². The summed E-state index contributed by atoms with van der Waals surface area (Å²) < 4.78 is 1.01. The van der Waals surface area contributed by atoms with E-state index in [1.165, 1.54) is 30.6 Å². The van der Waals surface area contributed by atoms with Crippen molar-refractivity contribution in [2.24, 2.45) is 5.92 Å². The Labute approximate surface area is 128 Å². The summed E-state index contributed by atoms with van der Waals surface area (Å²) in [5, 5.41) is 13.5. The van der Waals surface area contributed by atoms with Crippen LogP contribution in [0.5, 0.6) is 0 Å². The van der Waals surface area contributed by atoms with Gasteiger partial charge in [0, 0.05) is 6.54 Å². The van der Waals surface area contributed by atoms with Crippen LogP contribution in [0.3, 0.4) is 0 Å². The quantitative estimate of drug-likeness (QED) is 0.913. The summed E-state index contributed by atoms with van der Waals surface area (Å²) in [5.41, 5.74) is 0.848. The first-order chi connectivity index (χ1) is 10.2. The standard InChI is InChI=1S/C16H20N2O2S/c19-13(11-6-2-1-3-7-11)10-17-15(20)16-18-12-8-4-5-9-14(12)21-16/h4-5,8-9,11,13,19H,1-3,6-7,10H2,(H,17,20)/t13-/m0/s1. The van der Waals surface area contributed by atoms with Gasteiger partial charge < -0.3 is 10.4 Å². The maximum absolute atomic E-state index is 12.1. The Morgan fingerprint density at radius 3 is 2.86 bits per heavy atom. The lowest BCUT2D eigenvalue weighted by molar-refractivity contribution is 0.0738. The summed E-state index contributed by atoms with van der Waals surface area (Å²) >= 11 is 1.39. The average molecular weight is 304 g/mol. The third-order valence-electron chi connectivity index (χ3n) is 4.15. The van der Waals surface area contributed by atoms with E-state index in [2.05, 4.69) is 10.3 Å². The van der Waals surface area contributed by atoms with Crippen LogP contribution in [0.4, 0.5) is 0 Å². The number of amides is 1. The molecule has 0 unspecified atom stereocenters. The maximum atomic E-state index is 12.1. The Kier molecular flexibility index (Phi) is 4.51. The molecular formula is C16H20N2O2S. The largest absolute Gasteiger partial charge is 0.391 e. The molecule has 1 aromatic carbocycles. The van der Waals surface area contributed by atoms with E-state index in [1.54, 1.807) is 0 Å². The van der Waals surface area contributed by atoms with Crippen molar-refractivity contribution >= 4 is 27.5 Å². The predicted octanol–water partition coefficient (Wildman–Crippen LogP) is 2.97. The molecular weight excluding hydrogens is 284 g/mol. The van der Waals surface area contributed by atoms with Crippen molar-refractivity contribution in [3.63, 3.8) is 0 Å². The monoisotopic (exact) mass is 304 g/mol. The second-order valence-electron chi connectivity index (χ2n) is 5.66. The minimum absolute atomic E-state index is 0.189. The zero-order valence-electron chi connectivity index (χ0n) is 11.9. The van der Waals surface area contributed by atoms with E-state index >= 15 is 0 Å². The highest BCUT2D eigenvalue weighted by molar-refractivity contribution is 7.20. The molecule has 3 rings (SSSR count). The van der Waals surface area contributed by atoms with E-state index in [0.29, 0.717) is 17.5 Å². The molecule has 1 heterocycles. The van der Waals surface area contributed by atoms with E-state index in [4.69, 9.17) is 0 Å². The van der Waals surface area contributed by atoms with Crippen molar-refractivity contribution in [1.29, 1.82) is 0 Å². The lowest BCUT2D eigenvalue weighted by Gasteiger charge is -2.26. The van der Waals surface area contributed by atoms with Gasteiger partial charge in [-0.05, 0) is 30.9 Å². The lowest BCUT2D eigenvalue weighted by Crippen LogP contribution is -2.37. The first-order valence-electron chi connectivity index (χ1n) is 7.56. The number of hydrogen-bond donors (Lipinski definition) is 2. The predicted molar refractivity (Wildman–Crippen MR) is 84.5 cm³/mol. The van der Waals surface area contributed by atoms with Gasteiger partial charge in [-0.3, -0.25) is 4.79 Å². The second-order valence-corrected chi connectivity index (χ2v) is 6.69. The average Bonchev–Trinajstić information content (AvgIpc) is 2.97. The summed E-state index contributed by atoms with van der Waals surface area (Å²) in [4.78, 5) is 16.5. The van der Waals surface area contributed by atoms with E-state index in [1.807, 2.05) is 24.3 Å². The number of aromatic nitrogens is 1. The Balaban J connectivity index is 1.58. The van der Waals surface area contributed by atoms with Crippen LogP contribution in [0.25, 0.3) is 10.2 Å². The van der Waals surface area contributed by atoms with Crippen LogP contribution in [-0.4, -0.2) is 28.6 Å². The van der Waals surface area contributed by atoms with E-state index in [9.17, 15) is 9.90 Å². The molecule has 0 aliphatic heterocycles. The minimum Gasteiger partial charge on any atom is -0.391 e. The number of benzene rings is 1. The number of hydrogen-bond acceptors (Lipinski definition) is 4. The fourth-order valence-electron chi connectivity index (χ4n) is 2.93. The highest BCUT2D eigenvalue weighted by Crippen LogP contribution is 2.26. The van der Waals surface area contributed by atoms with Gasteiger partial charge in [-0.1, -0.05) is 31.4 Å². The topological polar surface area (TPSA) is 62.2 Å². The van der Waals surface area contributed by atoms with Gasteiger partial charge in [0.25, 0.3) is 5.91 Å². The molecule has 2 aromatic rings. The highest BCUT2D eigenvalue weighted by Gasteiger charge is 2.22. The molecule has 1 fully saturated rings. The number of fused-ring (bicyclic) bond motifs is 1. The van der Waals surface area contributed by atoms with Gasteiger partial charge >= 0.3 is 0 Å². The molecule has 1 saturated carbocycles. The number of aliphatic hydroxyl groups excluding tert-OH is 1. The van der Waals surface area contributed by atoms with E-state index in [-0.39, 0.29) is 5.91 Å². The number of rotatable bonds is 4. The number of carbonyl (C=O) groups is 1. The van der Waals surface area contributed by atoms with Gasteiger partial charge in [0.1, 0.15) is 0 Å². The summed E-state index contributed by atoms with van der Waals surface area (Å²) in [5.74, 6) is 0.139. The Hall–Kier alpha value is -1.46. The summed E-state index contributed by atoms with van der Waals surface area (Å²) in [6.07, 6.45) is 5.34. The summed E-state index contributed by atoms with van der Waals surface area (Å²) in [6.45, 7) is 0.319. The van der Waals surface area contributed by atoms with Gasteiger partial charge in [-0.15, -0.1) is 11.3 Å². The molecule has 0 bridgehead atoms. The zero-order valence-corrected chi connectivity index (χ0v) is 12.7. The van der Waals surface area contributed by atoms with Crippen LogP contribution in [0, 0.1) is 5.92 Å². The Morgan fingerprint density at radius 2 is 2.10 bits per heavy atom. The molecule has 2 N–H and O–H groups in total. The Bertz CT molecular complexity index is 587. The number of aliphatic hydroxyl groups is 1. The molecule has 0 radical (unpaired) electrons. The van der Waals surface area contributed by atoms with Crippen molar-refractivity contribution in [1.82, 2.24) is 10.3 Å². The third-order valence-corrected chi connectivity index (χ3v) is 5.19. The van der Waals surface area contributed by atoms with Crippen LogP contribution in [0.15, 0.2) is 24.3 Å². The van der Waals surface area contributed by atoms with Crippen molar-refractivity contribution in [2.45, 2.75) is 38.2 Å². The van der Waals surface area contributed by atoms with E-state index in [0.717, 1.165) is 23.1 Å². The fraction of sp³-hybridized carbons (Fsp3) is 0.500. The Morgan fingerprint density at radius 1 is 1.33 bits per heavy atom. The first kappa shape index (κ1) is 14.5. The van der Waals surface area contributed by atoms with Crippen LogP contribution < -0.4 is 5.32 Å². The molecule has 1 aromatic heterocycles. The normalized spacial score (nSPS) is 17.8. The maximum Gasteiger partial charge on any atom is 0.280 e. The molecule has 1 atom stereocenters. The van der Waals surface area contributed by atoms with Crippen LogP contribution in [-0.2, 0) is 0 Å². The van der Waals surface area contributed by atoms with E-state index < -0.39 is 6.10 Å². The van der Waals surface area contributed by atoms with Crippen LogP contribution in [0.1, 0.15) is 41.9 Å². The van der Waals surface area contributed by atoms with Gasteiger partial charge in [-0.2, -0.15) is 0 Å². The molecule has 112 valence electrons. The zero-order chi connectivity index (χ0) is 14.7. The third kappa shape index (κ3) is 3.41. The smallest absolute Gasteiger partial charge is 0.280 e. The van der Waals surface area contributed by atoms with Gasteiger partial charge in [0.05, 0.1) is 16.3 Å². The molecule has 0 spiro atoms. The molecule has 5 heteroatoms. The number of thiazole rings is 1. The number of carbonyl (C=O) groups excluding carboxylic acids is 1. The lowest BCUT2D eigenvalue weighted by atomic mass is 9.85. The second kappa shape index (κ2) is 6.54. The molecule has 21 heavy (non-hydrogen) atoms. The van der Waals surface area contributed by atoms with Gasteiger partial charge in [0.15, 0.2) is 5.01 Å². The number of para-hydroxylation sites is 1. The van der Waals surface area contributed by atoms with Gasteiger partial charge in [-0.25, -0.2) is 4.98 Å². The SMILES string of the molecule is O=C(NC[C@H](O)C1CCCCC1)c1nc2ccccc2s1. The van der Waals surface area contributed by atoms with Crippen molar-refractivity contribution in [3.05, 3.63) is 29.3 Å². The van der Waals surface area contributed by atoms with Crippen molar-refractivity contribution < 1.29 is 9.90 Å². The summed E-state index contributed by atoms with van der Waals surface area (Å²) in [7, 11) is 0. The first-order valence-corrected chi connectivity index (χ1v) is 8.37. The number of nitrogens with one attached hydrogen (secondary N) is 1. The molecule has 0 saturated heterocycles. The highest BCUT2D eigenvalue weighted by atomic mass is 32.1. The molecule has 1 amide bonds. The van der Waals surface area contributed by atoms with Crippen LogP contribution >= 0.6 is 11.3 Å². The molecule has 4 nitrogen and oxygen atoms in total. The van der Waals surface area contributed by atoms with Crippen molar-refractivity contribution in [2.75, 3.05) is 6.54 Å². The number of nitrogens with zero attached hydrogens (tertiary/aromatic N) is 1. The molecule has 1 aliphatic carbocycles. The molecule has 1 aliphatic rings. The fourth-order valence-corrected chi connectivity index (χ4v) is 3.81. The minimum atomic E-state index is -0.441.